The summed E-state index contributed by atoms with van der Waals surface area (Å²) in [5.74, 6) is -0.653. The van der Waals surface area contributed by atoms with Crippen LogP contribution in [0.3, 0.4) is 0 Å². The largest absolute Gasteiger partial charge is 0.495 e. The van der Waals surface area contributed by atoms with E-state index in [1.165, 1.54) is 42.3 Å². The molecule has 0 unspecified atom stereocenters. The van der Waals surface area contributed by atoms with Gasteiger partial charge in [-0.2, -0.15) is 0 Å². The van der Waals surface area contributed by atoms with E-state index < -0.39 is 28.5 Å². The molecule has 0 aliphatic rings. The molecule has 1 N–H and O–H groups in total. The number of carbonyl (C=O) groups is 2. The van der Waals surface area contributed by atoms with E-state index in [1.54, 1.807) is 37.3 Å². The lowest BCUT2D eigenvalue weighted by Gasteiger charge is -2.32. The van der Waals surface area contributed by atoms with Gasteiger partial charge in [-0.1, -0.05) is 71.9 Å². The minimum atomic E-state index is -4.24. The lowest BCUT2D eigenvalue weighted by molar-refractivity contribution is -0.139. The molecule has 226 valence electrons. The SMILES string of the molecule is CCCCNC(=O)[C@H](C)N(Cc1ccc(Cl)cc1Cl)C(=O)CN(c1ccc(OC)c(Cl)c1)S(=O)(=O)c1ccc(C)cc1. The van der Waals surface area contributed by atoms with Crippen LogP contribution in [0.4, 0.5) is 5.69 Å². The van der Waals surface area contributed by atoms with Crippen molar-refractivity contribution in [3.63, 3.8) is 0 Å². The Kier molecular flexibility index (Phi) is 11.9. The van der Waals surface area contributed by atoms with E-state index in [9.17, 15) is 18.0 Å². The first-order chi connectivity index (χ1) is 19.9. The number of sulfonamides is 1. The second kappa shape index (κ2) is 15.0. The zero-order valence-electron chi connectivity index (χ0n) is 23.9. The standard InChI is InChI=1S/C30H34Cl3N3O5S/c1-5-6-15-34-30(38)21(3)35(18-22-9-10-23(31)16-26(22)32)29(37)19-36(24-11-14-28(41-4)27(33)17-24)42(39,40)25-12-7-20(2)8-13-25/h7-14,16-17,21H,5-6,15,18-19H2,1-4H3,(H,34,38)/t21-/m0/s1. The highest BCUT2D eigenvalue weighted by atomic mass is 35.5. The van der Waals surface area contributed by atoms with Crippen LogP contribution in [0.2, 0.25) is 15.1 Å². The lowest BCUT2D eigenvalue weighted by atomic mass is 10.1. The van der Waals surface area contributed by atoms with E-state index in [0.29, 0.717) is 27.9 Å². The maximum absolute atomic E-state index is 14.0. The van der Waals surface area contributed by atoms with E-state index in [1.807, 2.05) is 13.8 Å². The molecule has 0 spiro atoms. The number of rotatable bonds is 13. The maximum Gasteiger partial charge on any atom is 0.264 e. The fourth-order valence-corrected chi connectivity index (χ4v) is 6.25. The van der Waals surface area contributed by atoms with Gasteiger partial charge in [0.25, 0.3) is 10.0 Å². The van der Waals surface area contributed by atoms with Crippen molar-refractivity contribution < 1.29 is 22.7 Å². The highest BCUT2D eigenvalue weighted by Crippen LogP contribution is 2.32. The first-order valence-electron chi connectivity index (χ1n) is 13.3. The number of aryl methyl sites for hydroxylation is 1. The Hall–Kier alpha value is -2.98. The molecule has 0 aliphatic heterocycles. The summed E-state index contributed by atoms with van der Waals surface area (Å²) in [6, 6.07) is 14.6. The molecule has 0 aromatic heterocycles. The van der Waals surface area contributed by atoms with Crippen molar-refractivity contribution in [2.75, 3.05) is 24.5 Å². The number of carbonyl (C=O) groups excluding carboxylic acids is 2. The van der Waals surface area contributed by atoms with Gasteiger partial charge in [0.15, 0.2) is 0 Å². The molecule has 0 aliphatic carbocycles. The zero-order valence-corrected chi connectivity index (χ0v) is 26.9. The fraction of sp³-hybridized carbons (Fsp3) is 0.333. The topological polar surface area (TPSA) is 96.0 Å². The van der Waals surface area contributed by atoms with Gasteiger partial charge >= 0.3 is 0 Å². The van der Waals surface area contributed by atoms with Gasteiger partial charge in [-0.3, -0.25) is 13.9 Å². The first-order valence-corrected chi connectivity index (χ1v) is 15.9. The number of halogens is 3. The van der Waals surface area contributed by atoms with Crippen LogP contribution in [-0.2, 0) is 26.2 Å². The summed E-state index contributed by atoms with van der Waals surface area (Å²) in [6.45, 7) is 5.21. The number of nitrogens with one attached hydrogen (secondary N) is 1. The second-order valence-electron chi connectivity index (χ2n) is 9.72. The molecule has 12 heteroatoms. The van der Waals surface area contributed by atoms with E-state index in [4.69, 9.17) is 39.5 Å². The van der Waals surface area contributed by atoms with Gasteiger partial charge < -0.3 is 15.0 Å². The Morgan fingerprint density at radius 3 is 2.26 bits per heavy atom. The van der Waals surface area contributed by atoms with Crippen molar-refractivity contribution in [1.29, 1.82) is 0 Å². The molecule has 8 nitrogen and oxygen atoms in total. The summed E-state index contributed by atoms with van der Waals surface area (Å²) in [4.78, 5) is 28.4. The molecule has 0 saturated heterocycles. The lowest BCUT2D eigenvalue weighted by Crippen LogP contribution is -2.51. The number of amides is 2. The Morgan fingerprint density at radius 1 is 0.976 bits per heavy atom. The van der Waals surface area contributed by atoms with Crippen LogP contribution in [0.5, 0.6) is 5.75 Å². The minimum Gasteiger partial charge on any atom is -0.495 e. The van der Waals surface area contributed by atoms with Crippen LogP contribution in [-0.4, -0.2) is 51.4 Å². The average Bonchev–Trinajstić information content (AvgIpc) is 2.95. The van der Waals surface area contributed by atoms with Crippen molar-refractivity contribution in [1.82, 2.24) is 10.2 Å². The third kappa shape index (κ3) is 8.31. The minimum absolute atomic E-state index is 0.00880. The molecule has 3 rings (SSSR count). The molecule has 0 heterocycles. The third-order valence-electron chi connectivity index (χ3n) is 6.66. The normalized spacial score (nSPS) is 12.0. The van der Waals surface area contributed by atoms with Gasteiger partial charge in [0, 0.05) is 23.1 Å². The number of benzene rings is 3. The average molecular weight is 655 g/mol. The van der Waals surface area contributed by atoms with E-state index >= 15 is 0 Å². The van der Waals surface area contributed by atoms with Crippen LogP contribution in [0.25, 0.3) is 0 Å². The number of unbranched alkanes of at least 4 members (excludes halogenated alkanes) is 1. The molecule has 3 aromatic carbocycles. The Bertz CT molecular complexity index is 1520. The van der Waals surface area contributed by atoms with Crippen molar-refractivity contribution in [2.24, 2.45) is 0 Å². The highest BCUT2D eigenvalue weighted by molar-refractivity contribution is 7.92. The van der Waals surface area contributed by atoms with Crippen LogP contribution in [0.1, 0.15) is 37.8 Å². The number of ether oxygens (including phenoxy) is 1. The van der Waals surface area contributed by atoms with Crippen LogP contribution < -0.4 is 14.4 Å². The van der Waals surface area contributed by atoms with E-state index in [-0.39, 0.29) is 28.1 Å². The number of hydrogen-bond acceptors (Lipinski definition) is 5. The van der Waals surface area contributed by atoms with Gasteiger partial charge in [-0.25, -0.2) is 8.42 Å². The summed E-state index contributed by atoms with van der Waals surface area (Å²) in [5, 5.41) is 3.74. The van der Waals surface area contributed by atoms with Crippen molar-refractivity contribution in [3.8, 4) is 5.75 Å². The predicted octanol–water partition coefficient (Wildman–Crippen LogP) is 6.49. The Morgan fingerprint density at radius 2 is 1.67 bits per heavy atom. The molecule has 0 saturated carbocycles. The fourth-order valence-electron chi connectivity index (χ4n) is 4.13. The molecule has 0 fully saturated rings. The summed E-state index contributed by atoms with van der Waals surface area (Å²) in [6.07, 6.45) is 1.66. The van der Waals surface area contributed by atoms with Crippen molar-refractivity contribution in [2.45, 2.75) is 51.1 Å². The molecular weight excluding hydrogens is 621 g/mol. The smallest absolute Gasteiger partial charge is 0.264 e. The second-order valence-corrected chi connectivity index (χ2v) is 12.8. The van der Waals surface area contributed by atoms with Crippen molar-refractivity contribution in [3.05, 3.63) is 86.9 Å². The van der Waals surface area contributed by atoms with Crippen LogP contribution in [0.15, 0.2) is 65.6 Å². The van der Waals surface area contributed by atoms with E-state index in [0.717, 1.165) is 22.7 Å². The molecule has 1 atom stereocenters. The third-order valence-corrected chi connectivity index (χ3v) is 9.33. The van der Waals surface area contributed by atoms with E-state index in [2.05, 4.69) is 5.32 Å². The highest BCUT2D eigenvalue weighted by Gasteiger charge is 2.33. The molecule has 42 heavy (non-hydrogen) atoms. The zero-order chi connectivity index (χ0) is 31.0. The van der Waals surface area contributed by atoms with Gasteiger partial charge in [-0.05, 0) is 68.3 Å². The summed E-state index contributed by atoms with van der Waals surface area (Å²) >= 11 is 18.8. The van der Waals surface area contributed by atoms with Gasteiger partial charge in [0.05, 0.1) is 22.7 Å². The maximum atomic E-state index is 14.0. The molecule has 0 radical (unpaired) electrons. The summed E-state index contributed by atoms with van der Waals surface area (Å²) in [7, 11) is -2.80. The van der Waals surface area contributed by atoms with Gasteiger partial charge in [-0.15, -0.1) is 0 Å². The number of methoxy groups -OCH3 is 1. The quantitative estimate of drug-likeness (QED) is 0.213. The molecule has 0 bridgehead atoms. The number of hydrogen-bond donors (Lipinski definition) is 1. The van der Waals surface area contributed by atoms with Crippen molar-refractivity contribution >= 4 is 62.3 Å². The number of nitrogens with zero attached hydrogens (tertiary/aromatic N) is 2. The molecular formula is C30H34Cl3N3O5S. The monoisotopic (exact) mass is 653 g/mol. The Labute approximate surface area is 262 Å². The van der Waals surface area contributed by atoms with Gasteiger partial charge in [0.1, 0.15) is 18.3 Å². The van der Waals surface area contributed by atoms with Crippen LogP contribution >= 0.6 is 34.8 Å². The predicted molar refractivity (Wildman–Crippen MR) is 168 cm³/mol. The number of anilines is 1. The summed E-state index contributed by atoms with van der Waals surface area (Å²) in [5.41, 5.74) is 1.57. The Balaban J connectivity index is 2.06. The first kappa shape index (κ1) is 33.5. The van der Waals surface area contributed by atoms with Crippen LogP contribution in [0, 0.1) is 6.92 Å². The van der Waals surface area contributed by atoms with Gasteiger partial charge in [0.2, 0.25) is 11.8 Å². The summed E-state index contributed by atoms with van der Waals surface area (Å²) < 4.78 is 34.1. The molecule has 3 aromatic rings. The molecule has 2 amide bonds.